The van der Waals surface area contributed by atoms with E-state index in [0.717, 1.165) is 17.0 Å². The largest absolute Gasteiger partial charge is 0.390 e. The first-order chi connectivity index (χ1) is 9.54. The molecule has 0 fully saturated rings. The summed E-state index contributed by atoms with van der Waals surface area (Å²) in [6, 6.07) is 9.66. The Hall–Kier alpha value is -1.36. The third-order valence-corrected chi connectivity index (χ3v) is 3.89. The van der Waals surface area contributed by atoms with Crippen molar-refractivity contribution in [2.24, 2.45) is 7.05 Å². The lowest BCUT2D eigenvalue weighted by atomic mass is 10.0. The summed E-state index contributed by atoms with van der Waals surface area (Å²) >= 11 is 6.22. The van der Waals surface area contributed by atoms with Crippen molar-refractivity contribution in [3.05, 3.63) is 52.3 Å². The summed E-state index contributed by atoms with van der Waals surface area (Å²) in [7, 11) is 3.42. The molecular weight excluding hydrogens is 276 g/mol. The molecule has 0 aliphatic carbocycles. The normalized spacial score (nSPS) is 14.2. The van der Waals surface area contributed by atoms with Crippen LogP contribution >= 0.6 is 11.6 Å². The Morgan fingerprint density at radius 1 is 1.35 bits per heavy atom. The molecule has 2 rings (SSSR count). The quantitative estimate of drug-likeness (QED) is 0.922. The minimum atomic E-state index is -0.685. The van der Waals surface area contributed by atoms with Crippen LogP contribution < -0.4 is 0 Å². The van der Waals surface area contributed by atoms with Crippen molar-refractivity contribution in [3.63, 3.8) is 0 Å². The van der Waals surface area contributed by atoms with Gasteiger partial charge in [0, 0.05) is 20.6 Å². The van der Waals surface area contributed by atoms with Crippen LogP contribution in [0.5, 0.6) is 0 Å². The van der Waals surface area contributed by atoms with Crippen LogP contribution in [0.1, 0.15) is 23.1 Å². The van der Waals surface area contributed by atoms with Gasteiger partial charge < -0.3 is 9.84 Å². The first kappa shape index (κ1) is 15.0. The van der Waals surface area contributed by atoms with Gasteiger partial charge in [0.05, 0.1) is 22.5 Å². The van der Waals surface area contributed by atoms with Crippen LogP contribution in [0.2, 0.25) is 5.02 Å². The molecule has 0 saturated carbocycles. The molecule has 4 nitrogen and oxygen atoms in total. The van der Waals surface area contributed by atoms with Gasteiger partial charge in [-0.2, -0.15) is 5.10 Å². The molecule has 1 aromatic carbocycles. The Labute approximate surface area is 123 Å². The van der Waals surface area contributed by atoms with Gasteiger partial charge in [-0.3, -0.25) is 4.68 Å². The number of halogens is 1. The monoisotopic (exact) mass is 294 g/mol. The van der Waals surface area contributed by atoms with E-state index in [1.807, 2.05) is 44.3 Å². The van der Waals surface area contributed by atoms with E-state index in [1.54, 1.807) is 11.8 Å². The molecule has 0 aliphatic rings. The van der Waals surface area contributed by atoms with Crippen molar-refractivity contribution in [1.29, 1.82) is 0 Å². The van der Waals surface area contributed by atoms with Crippen LogP contribution in [0.4, 0.5) is 0 Å². The van der Waals surface area contributed by atoms with E-state index in [-0.39, 0.29) is 6.10 Å². The summed E-state index contributed by atoms with van der Waals surface area (Å²) in [5.41, 5.74) is 2.53. The Morgan fingerprint density at radius 2 is 2.00 bits per heavy atom. The third kappa shape index (κ3) is 3.03. The van der Waals surface area contributed by atoms with Crippen molar-refractivity contribution in [3.8, 4) is 0 Å². The van der Waals surface area contributed by atoms with E-state index >= 15 is 0 Å². The molecule has 5 heteroatoms. The van der Waals surface area contributed by atoms with E-state index < -0.39 is 6.10 Å². The molecule has 20 heavy (non-hydrogen) atoms. The van der Waals surface area contributed by atoms with Crippen molar-refractivity contribution in [1.82, 2.24) is 9.78 Å². The second kappa shape index (κ2) is 6.39. The van der Waals surface area contributed by atoms with Gasteiger partial charge in [-0.05, 0) is 12.5 Å². The number of rotatable bonds is 5. The molecule has 1 aromatic heterocycles. The number of benzene rings is 1. The van der Waals surface area contributed by atoms with Gasteiger partial charge in [-0.25, -0.2) is 0 Å². The van der Waals surface area contributed by atoms with Gasteiger partial charge in [0.15, 0.2) is 0 Å². The Bertz CT molecular complexity index is 569. The van der Waals surface area contributed by atoms with Crippen LogP contribution in [0, 0.1) is 6.92 Å². The summed E-state index contributed by atoms with van der Waals surface area (Å²) in [6.45, 7) is 1.85. The predicted molar refractivity (Wildman–Crippen MR) is 78.9 cm³/mol. The zero-order chi connectivity index (χ0) is 14.7. The zero-order valence-electron chi connectivity index (χ0n) is 11.9. The van der Waals surface area contributed by atoms with E-state index in [4.69, 9.17) is 16.3 Å². The predicted octanol–water partition coefficient (Wildman–Crippen LogP) is 2.67. The number of hydrogen-bond donors (Lipinski definition) is 1. The van der Waals surface area contributed by atoms with Crippen LogP contribution in [0.25, 0.3) is 0 Å². The minimum absolute atomic E-state index is 0.387. The lowest BCUT2D eigenvalue weighted by Gasteiger charge is -2.22. The SMILES string of the molecule is COC(c1ccccc1)C(O)Cc1c(Cl)c(C)nn1C. The fraction of sp³-hybridized carbons (Fsp3) is 0.400. The van der Waals surface area contributed by atoms with Crippen molar-refractivity contribution < 1.29 is 9.84 Å². The van der Waals surface area contributed by atoms with Crippen LogP contribution in [0.3, 0.4) is 0 Å². The molecule has 1 N–H and O–H groups in total. The number of aromatic nitrogens is 2. The first-order valence-electron chi connectivity index (χ1n) is 6.48. The van der Waals surface area contributed by atoms with Gasteiger partial charge in [0.25, 0.3) is 0 Å². The van der Waals surface area contributed by atoms with Crippen molar-refractivity contribution in [2.75, 3.05) is 7.11 Å². The highest BCUT2D eigenvalue weighted by atomic mass is 35.5. The smallest absolute Gasteiger partial charge is 0.108 e. The molecule has 0 aliphatic heterocycles. The molecular formula is C15H19ClN2O2. The fourth-order valence-electron chi connectivity index (χ4n) is 2.37. The highest BCUT2D eigenvalue weighted by Gasteiger charge is 2.24. The third-order valence-electron chi connectivity index (χ3n) is 3.40. The lowest BCUT2D eigenvalue weighted by molar-refractivity contribution is -0.0136. The number of aliphatic hydroxyl groups excluding tert-OH is 1. The van der Waals surface area contributed by atoms with E-state index in [2.05, 4.69) is 5.10 Å². The lowest BCUT2D eigenvalue weighted by Crippen LogP contribution is -2.24. The van der Waals surface area contributed by atoms with Gasteiger partial charge in [0.2, 0.25) is 0 Å². The average Bonchev–Trinajstić information content (AvgIpc) is 2.67. The number of aryl methyl sites for hydroxylation is 2. The second-order valence-corrected chi connectivity index (χ2v) is 5.19. The van der Waals surface area contributed by atoms with Crippen LogP contribution in [-0.2, 0) is 18.2 Å². The van der Waals surface area contributed by atoms with Gasteiger partial charge >= 0.3 is 0 Å². The standard InChI is InChI=1S/C15H19ClN2O2/c1-10-14(16)12(18(2)17-10)9-13(19)15(20-3)11-7-5-4-6-8-11/h4-8,13,15,19H,9H2,1-3H3. The summed E-state index contributed by atoms with van der Waals surface area (Å²) in [4.78, 5) is 0. The molecule has 1 heterocycles. The molecule has 0 spiro atoms. The van der Waals surface area contributed by atoms with E-state index in [9.17, 15) is 5.11 Å². The maximum atomic E-state index is 10.4. The zero-order valence-corrected chi connectivity index (χ0v) is 12.6. The number of nitrogens with zero attached hydrogens (tertiary/aromatic N) is 2. The van der Waals surface area contributed by atoms with Crippen molar-refractivity contribution in [2.45, 2.75) is 25.6 Å². The summed E-state index contributed by atoms with van der Waals surface area (Å²) in [5.74, 6) is 0. The van der Waals surface area contributed by atoms with E-state index in [0.29, 0.717) is 11.4 Å². The molecule has 2 unspecified atom stereocenters. The maximum absolute atomic E-state index is 10.4. The van der Waals surface area contributed by atoms with Gasteiger partial charge in [-0.1, -0.05) is 41.9 Å². The van der Waals surface area contributed by atoms with Crippen molar-refractivity contribution >= 4 is 11.6 Å². The number of aliphatic hydroxyl groups is 1. The molecule has 0 radical (unpaired) electrons. The first-order valence-corrected chi connectivity index (χ1v) is 6.86. The summed E-state index contributed by atoms with van der Waals surface area (Å²) in [6.07, 6.45) is -0.680. The molecule has 2 atom stereocenters. The number of hydrogen-bond acceptors (Lipinski definition) is 3. The number of ether oxygens (including phenoxy) is 1. The van der Waals surface area contributed by atoms with Gasteiger partial charge in [-0.15, -0.1) is 0 Å². The maximum Gasteiger partial charge on any atom is 0.108 e. The highest BCUT2D eigenvalue weighted by Crippen LogP contribution is 2.26. The topological polar surface area (TPSA) is 47.3 Å². The van der Waals surface area contributed by atoms with Crippen LogP contribution in [-0.4, -0.2) is 28.1 Å². The molecule has 0 bridgehead atoms. The molecule has 0 amide bonds. The summed E-state index contributed by atoms with van der Waals surface area (Å²) in [5, 5.41) is 15.3. The average molecular weight is 295 g/mol. The van der Waals surface area contributed by atoms with Gasteiger partial charge in [0.1, 0.15) is 6.10 Å². The summed E-state index contributed by atoms with van der Waals surface area (Å²) < 4.78 is 7.14. The Kier molecular flexibility index (Phi) is 4.81. The van der Waals surface area contributed by atoms with E-state index in [1.165, 1.54) is 0 Å². The minimum Gasteiger partial charge on any atom is -0.390 e. The fourth-order valence-corrected chi connectivity index (χ4v) is 2.60. The second-order valence-electron chi connectivity index (χ2n) is 4.81. The molecule has 2 aromatic rings. The van der Waals surface area contributed by atoms with Crippen LogP contribution in [0.15, 0.2) is 30.3 Å². The molecule has 108 valence electrons. The highest BCUT2D eigenvalue weighted by molar-refractivity contribution is 6.31. The Morgan fingerprint density at radius 3 is 2.50 bits per heavy atom. The Balaban J connectivity index is 2.20. The molecule has 0 saturated heterocycles. The number of methoxy groups -OCH3 is 1.